The number of hydrogen-bond donors (Lipinski definition) is 0. The fraction of sp³-hybridized carbons (Fsp3) is 0.480. The van der Waals surface area contributed by atoms with Crippen molar-refractivity contribution in [3.8, 4) is 0 Å². The van der Waals surface area contributed by atoms with Crippen molar-refractivity contribution >= 4 is 37.8 Å². The Morgan fingerprint density at radius 2 is 1.55 bits per heavy atom. The van der Waals surface area contributed by atoms with Gasteiger partial charge in [-0.2, -0.15) is 0 Å². The highest BCUT2D eigenvalue weighted by Gasteiger charge is 2.74. The molecule has 150 valence electrons. The Hall–Kier alpha value is -1.13. The Bertz CT molecular complexity index is 1000. The summed E-state index contributed by atoms with van der Waals surface area (Å²) < 4.78 is -0.692. The van der Waals surface area contributed by atoms with Gasteiger partial charge in [-0.15, -0.1) is 0 Å². The topological polar surface area (TPSA) is 20.3 Å². The summed E-state index contributed by atoms with van der Waals surface area (Å²) in [5.74, 6) is 1.21. The minimum absolute atomic E-state index is 0.210. The summed E-state index contributed by atoms with van der Waals surface area (Å²) in [5.41, 5.74) is 4.93. The van der Waals surface area contributed by atoms with Gasteiger partial charge in [0.25, 0.3) is 0 Å². The Kier molecular flexibility index (Phi) is 4.13. The van der Waals surface area contributed by atoms with Gasteiger partial charge in [-0.05, 0) is 41.0 Å². The second-order valence-corrected chi connectivity index (χ2v) is 11.5. The first-order valence-electron chi connectivity index (χ1n) is 10.9. The van der Waals surface area contributed by atoms with Crippen LogP contribution in [-0.2, 0) is 14.5 Å². The summed E-state index contributed by atoms with van der Waals surface area (Å²) in [6.45, 7) is 1.70. The van der Waals surface area contributed by atoms with E-state index in [4.69, 9.17) is 0 Å². The molecule has 4 heteroatoms. The number of benzene rings is 2. The molecule has 1 saturated carbocycles. The molecule has 1 saturated heterocycles. The Balaban J connectivity index is 1.55. The van der Waals surface area contributed by atoms with Gasteiger partial charge in [0, 0.05) is 23.8 Å². The van der Waals surface area contributed by atoms with Gasteiger partial charge in [0.1, 0.15) is 4.32 Å². The van der Waals surface area contributed by atoms with E-state index in [1.807, 2.05) is 0 Å². The predicted octanol–water partition coefficient (Wildman–Crippen LogP) is 5.86. The highest BCUT2D eigenvalue weighted by Crippen LogP contribution is 2.70. The highest BCUT2D eigenvalue weighted by atomic mass is 79.9. The van der Waals surface area contributed by atoms with Crippen LogP contribution in [0.15, 0.2) is 48.5 Å². The van der Waals surface area contributed by atoms with Crippen molar-refractivity contribution in [2.75, 3.05) is 13.1 Å². The Morgan fingerprint density at radius 3 is 2.28 bits per heavy atom. The summed E-state index contributed by atoms with van der Waals surface area (Å²) in [5, 5.41) is 0. The predicted molar refractivity (Wildman–Crippen MR) is 123 cm³/mol. The maximum atomic E-state index is 14.1. The van der Waals surface area contributed by atoms with Gasteiger partial charge in [0.15, 0.2) is 0 Å². The van der Waals surface area contributed by atoms with Crippen LogP contribution in [0, 0.1) is 5.92 Å². The van der Waals surface area contributed by atoms with Gasteiger partial charge in [-0.1, -0.05) is 99.7 Å². The molecule has 4 atom stereocenters. The van der Waals surface area contributed by atoms with E-state index in [0.717, 1.165) is 13.1 Å². The third-order valence-electron chi connectivity index (χ3n) is 8.05. The first-order chi connectivity index (χ1) is 14.1. The van der Waals surface area contributed by atoms with E-state index in [9.17, 15) is 4.79 Å². The molecule has 4 unspecified atom stereocenters. The molecule has 3 aliphatic carbocycles. The number of likely N-dealkylation sites (tertiary alicyclic amines) is 1. The molecule has 1 spiro atoms. The number of halogens is 2. The van der Waals surface area contributed by atoms with E-state index in [0.29, 0.717) is 11.8 Å². The molecule has 0 aromatic heterocycles. The van der Waals surface area contributed by atoms with Crippen molar-refractivity contribution in [2.24, 2.45) is 5.92 Å². The van der Waals surface area contributed by atoms with E-state index in [-0.39, 0.29) is 16.1 Å². The van der Waals surface area contributed by atoms with Crippen molar-refractivity contribution in [1.29, 1.82) is 0 Å². The lowest BCUT2D eigenvalue weighted by Crippen LogP contribution is -2.53. The molecule has 2 bridgehead atoms. The van der Waals surface area contributed by atoms with Crippen molar-refractivity contribution in [3.63, 3.8) is 0 Å². The third-order valence-corrected chi connectivity index (χ3v) is 10.8. The summed E-state index contributed by atoms with van der Waals surface area (Å²) in [6, 6.07) is 17.4. The second kappa shape index (κ2) is 6.43. The summed E-state index contributed by atoms with van der Waals surface area (Å²) >= 11 is 8.26. The summed E-state index contributed by atoms with van der Waals surface area (Å²) in [7, 11) is 0. The average molecular weight is 515 g/mol. The second-order valence-electron chi connectivity index (χ2n) is 9.37. The zero-order chi connectivity index (χ0) is 19.8. The van der Waals surface area contributed by atoms with Crippen molar-refractivity contribution in [2.45, 2.75) is 52.6 Å². The quantitative estimate of drug-likeness (QED) is 0.459. The van der Waals surface area contributed by atoms with Crippen LogP contribution in [0.2, 0.25) is 0 Å². The molecular weight excluding hydrogens is 490 g/mol. The van der Waals surface area contributed by atoms with Crippen LogP contribution >= 0.6 is 31.9 Å². The fourth-order valence-corrected chi connectivity index (χ4v) is 9.60. The molecule has 2 aromatic rings. The van der Waals surface area contributed by atoms with Gasteiger partial charge in [0.05, 0.1) is 5.41 Å². The van der Waals surface area contributed by atoms with E-state index in [1.165, 1.54) is 54.4 Å². The van der Waals surface area contributed by atoms with Crippen LogP contribution in [-0.4, -0.2) is 28.7 Å². The molecule has 6 rings (SSSR count). The lowest BCUT2D eigenvalue weighted by Gasteiger charge is -2.45. The number of alkyl halides is 2. The lowest BCUT2D eigenvalue weighted by molar-refractivity contribution is -0.130. The molecule has 1 aliphatic heterocycles. The van der Waals surface area contributed by atoms with Gasteiger partial charge in [-0.25, -0.2) is 0 Å². The Labute approximate surface area is 189 Å². The van der Waals surface area contributed by atoms with E-state index >= 15 is 0 Å². The monoisotopic (exact) mass is 513 g/mol. The first kappa shape index (κ1) is 18.6. The molecule has 29 heavy (non-hydrogen) atoms. The first-order valence-corrected chi connectivity index (χ1v) is 12.6. The standard InChI is InChI=1S/C25H25Br2NO/c26-22-21-17-10-4-6-12-19(17)24(22)15-28(14-16-8-2-1-3-9-16)23(29)25(24,27)20-13-7-5-11-18(20)21/h4-7,10-13,16,21-22H,1-3,8-9,14-15H2. The molecule has 1 amide bonds. The van der Waals surface area contributed by atoms with Crippen molar-refractivity contribution in [1.82, 2.24) is 4.90 Å². The summed E-state index contributed by atoms with van der Waals surface area (Å²) in [6.07, 6.45) is 6.50. The Morgan fingerprint density at radius 1 is 0.931 bits per heavy atom. The molecule has 2 nitrogen and oxygen atoms in total. The fourth-order valence-electron chi connectivity index (χ4n) is 6.80. The van der Waals surface area contributed by atoms with Gasteiger partial charge in [0.2, 0.25) is 5.91 Å². The smallest absolute Gasteiger partial charge is 0.245 e. The zero-order valence-electron chi connectivity index (χ0n) is 16.4. The molecule has 2 fully saturated rings. The summed E-state index contributed by atoms with van der Waals surface area (Å²) in [4.78, 5) is 16.5. The van der Waals surface area contributed by atoms with E-state index < -0.39 is 4.32 Å². The number of hydrogen-bond acceptors (Lipinski definition) is 1. The van der Waals surface area contributed by atoms with Crippen molar-refractivity contribution in [3.05, 3.63) is 70.8 Å². The van der Waals surface area contributed by atoms with Crippen LogP contribution in [0.4, 0.5) is 0 Å². The number of rotatable bonds is 2. The van der Waals surface area contributed by atoms with Gasteiger partial charge in [-0.3, -0.25) is 4.79 Å². The third kappa shape index (κ3) is 2.20. The van der Waals surface area contributed by atoms with E-state index in [2.05, 4.69) is 85.3 Å². The van der Waals surface area contributed by atoms with Crippen molar-refractivity contribution < 1.29 is 4.79 Å². The van der Waals surface area contributed by atoms with E-state index in [1.54, 1.807) is 0 Å². The molecule has 0 N–H and O–H groups in total. The molecule has 1 heterocycles. The number of amides is 1. The minimum Gasteiger partial charge on any atom is -0.340 e. The van der Waals surface area contributed by atoms with Crippen LogP contribution < -0.4 is 0 Å². The molecular formula is C25H25Br2NO. The average Bonchev–Trinajstić information content (AvgIpc) is 3.11. The molecule has 0 radical (unpaired) electrons. The lowest BCUT2D eigenvalue weighted by atomic mass is 9.64. The van der Waals surface area contributed by atoms with Crippen LogP contribution in [0.25, 0.3) is 0 Å². The SMILES string of the molecule is O=C1N(CC2CCCCC2)CC23c4ccccc4C(c4ccccc4C12Br)C3Br. The minimum atomic E-state index is -0.692. The van der Waals surface area contributed by atoms with Gasteiger partial charge < -0.3 is 4.90 Å². The van der Waals surface area contributed by atoms with Crippen LogP contribution in [0.5, 0.6) is 0 Å². The van der Waals surface area contributed by atoms with Gasteiger partial charge >= 0.3 is 0 Å². The normalized spacial score (nSPS) is 35.4. The highest BCUT2D eigenvalue weighted by molar-refractivity contribution is 9.10. The molecule has 2 aromatic carbocycles. The zero-order valence-corrected chi connectivity index (χ0v) is 19.6. The number of carbonyl (C=O) groups excluding carboxylic acids is 1. The van der Waals surface area contributed by atoms with Crippen LogP contribution in [0.3, 0.4) is 0 Å². The van der Waals surface area contributed by atoms with Crippen LogP contribution in [0.1, 0.15) is 60.3 Å². The maximum Gasteiger partial charge on any atom is 0.245 e. The number of nitrogens with zero attached hydrogens (tertiary/aromatic N) is 1. The number of fused-ring (bicyclic) bond motifs is 3. The maximum absolute atomic E-state index is 14.1. The molecule has 4 aliphatic rings. The number of carbonyl (C=O) groups is 1. The largest absolute Gasteiger partial charge is 0.340 e.